The SMILES string of the molecule is CNc1ncc(-c2nc3cc(NC(=O)CC4CC4)ccc3o2)c2cc(NC(=O)C3CC3)ncc12. The van der Waals surface area contributed by atoms with Gasteiger partial charge in [0.2, 0.25) is 17.7 Å². The highest BCUT2D eigenvalue weighted by molar-refractivity contribution is 6.03. The van der Waals surface area contributed by atoms with Gasteiger partial charge in [-0.05, 0) is 55.9 Å². The van der Waals surface area contributed by atoms with Gasteiger partial charge < -0.3 is 20.4 Å². The number of rotatable bonds is 7. The molecule has 1 aromatic carbocycles. The van der Waals surface area contributed by atoms with Crippen LogP contribution in [0.15, 0.2) is 41.1 Å². The number of carbonyl (C=O) groups is 2. The number of nitrogens with one attached hydrogen (secondary N) is 3. The molecule has 3 heterocycles. The number of aromatic nitrogens is 3. The van der Waals surface area contributed by atoms with E-state index in [4.69, 9.17) is 4.42 Å². The van der Waals surface area contributed by atoms with E-state index in [-0.39, 0.29) is 17.7 Å². The summed E-state index contributed by atoms with van der Waals surface area (Å²) in [5.74, 6) is 2.18. The van der Waals surface area contributed by atoms with Gasteiger partial charge in [-0.2, -0.15) is 0 Å². The third kappa shape index (κ3) is 4.05. The lowest BCUT2D eigenvalue weighted by atomic mass is 10.1. The predicted octanol–water partition coefficient (Wildman–Crippen LogP) is 4.57. The van der Waals surface area contributed by atoms with Crippen molar-refractivity contribution in [3.05, 3.63) is 36.7 Å². The number of amides is 2. The molecular weight excluding hydrogens is 432 g/mol. The average molecular weight is 457 g/mol. The molecule has 2 aliphatic rings. The Morgan fingerprint density at radius 2 is 1.88 bits per heavy atom. The number of benzene rings is 1. The van der Waals surface area contributed by atoms with Gasteiger partial charge in [0.1, 0.15) is 17.2 Å². The number of pyridine rings is 2. The molecule has 6 rings (SSSR count). The van der Waals surface area contributed by atoms with Crippen LogP contribution in [-0.2, 0) is 9.59 Å². The molecule has 0 bridgehead atoms. The van der Waals surface area contributed by atoms with E-state index < -0.39 is 0 Å². The fourth-order valence-corrected chi connectivity index (χ4v) is 4.06. The summed E-state index contributed by atoms with van der Waals surface area (Å²) in [6.07, 6.45) is 8.06. The van der Waals surface area contributed by atoms with E-state index in [9.17, 15) is 9.59 Å². The minimum atomic E-state index is -0.00517. The van der Waals surface area contributed by atoms with Crippen molar-refractivity contribution in [3.63, 3.8) is 0 Å². The summed E-state index contributed by atoms with van der Waals surface area (Å²) < 4.78 is 6.05. The molecule has 2 fully saturated rings. The van der Waals surface area contributed by atoms with Gasteiger partial charge >= 0.3 is 0 Å². The molecule has 2 aliphatic carbocycles. The monoisotopic (exact) mass is 456 g/mol. The zero-order valence-electron chi connectivity index (χ0n) is 18.7. The van der Waals surface area contributed by atoms with Crippen LogP contribution in [0.4, 0.5) is 17.3 Å². The fourth-order valence-electron chi connectivity index (χ4n) is 4.06. The maximum atomic E-state index is 12.2. The zero-order chi connectivity index (χ0) is 23.2. The van der Waals surface area contributed by atoms with E-state index in [1.54, 1.807) is 25.5 Å². The molecule has 9 nitrogen and oxygen atoms in total. The highest BCUT2D eigenvalue weighted by Gasteiger charge is 2.30. The second-order valence-corrected chi connectivity index (χ2v) is 9.05. The minimum absolute atomic E-state index is 0.00517. The third-order valence-corrected chi connectivity index (χ3v) is 6.28. The van der Waals surface area contributed by atoms with Crippen molar-refractivity contribution >= 4 is 51.0 Å². The molecule has 9 heteroatoms. The van der Waals surface area contributed by atoms with E-state index in [0.29, 0.717) is 52.2 Å². The van der Waals surface area contributed by atoms with Crippen molar-refractivity contribution in [3.8, 4) is 11.5 Å². The van der Waals surface area contributed by atoms with Crippen LogP contribution < -0.4 is 16.0 Å². The molecule has 3 N–H and O–H groups in total. The van der Waals surface area contributed by atoms with Crippen molar-refractivity contribution in [2.45, 2.75) is 32.1 Å². The van der Waals surface area contributed by atoms with E-state index >= 15 is 0 Å². The van der Waals surface area contributed by atoms with Crippen molar-refractivity contribution in [2.75, 3.05) is 23.0 Å². The van der Waals surface area contributed by atoms with Crippen molar-refractivity contribution in [1.29, 1.82) is 0 Å². The van der Waals surface area contributed by atoms with Gasteiger partial charge in [-0.1, -0.05) is 0 Å². The molecular formula is C25H24N6O3. The van der Waals surface area contributed by atoms with Crippen LogP contribution in [0.1, 0.15) is 32.1 Å². The molecule has 0 unspecified atom stereocenters. The highest BCUT2D eigenvalue weighted by Crippen LogP contribution is 2.36. The van der Waals surface area contributed by atoms with Crippen molar-refractivity contribution in [1.82, 2.24) is 15.0 Å². The number of nitrogens with zero attached hydrogens (tertiary/aromatic N) is 3. The van der Waals surface area contributed by atoms with Crippen LogP contribution in [0.25, 0.3) is 33.3 Å². The summed E-state index contributed by atoms with van der Waals surface area (Å²) in [7, 11) is 1.79. The fraction of sp³-hybridized carbons (Fsp3) is 0.320. The first-order chi connectivity index (χ1) is 16.6. The molecule has 34 heavy (non-hydrogen) atoms. The number of hydrogen-bond donors (Lipinski definition) is 3. The first-order valence-electron chi connectivity index (χ1n) is 11.6. The van der Waals surface area contributed by atoms with Crippen LogP contribution >= 0.6 is 0 Å². The summed E-state index contributed by atoms with van der Waals surface area (Å²) in [6.45, 7) is 0. The molecule has 0 radical (unpaired) electrons. The smallest absolute Gasteiger partial charge is 0.229 e. The zero-order valence-corrected chi connectivity index (χ0v) is 18.7. The van der Waals surface area contributed by atoms with E-state index in [1.807, 2.05) is 18.2 Å². The molecule has 2 amide bonds. The Hall–Kier alpha value is -4.01. The second-order valence-electron chi connectivity index (χ2n) is 9.05. The summed E-state index contributed by atoms with van der Waals surface area (Å²) in [5.41, 5.74) is 2.63. The minimum Gasteiger partial charge on any atom is -0.436 e. The third-order valence-electron chi connectivity index (χ3n) is 6.28. The van der Waals surface area contributed by atoms with Crippen LogP contribution in [0.2, 0.25) is 0 Å². The van der Waals surface area contributed by atoms with E-state index in [1.165, 1.54) is 0 Å². The van der Waals surface area contributed by atoms with Crippen molar-refractivity contribution < 1.29 is 14.0 Å². The molecule has 0 atom stereocenters. The molecule has 4 aromatic rings. The first kappa shape index (κ1) is 20.6. The van der Waals surface area contributed by atoms with Crippen LogP contribution in [0, 0.1) is 11.8 Å². The lowest BCUT2D eigenvalue weighted by molar-refractivity contribution is -0.117. The highest BCUT2D eigenvalue weighted by atomic mass is 16.3. The Balaban J connectivity index is 1.36. The normalized spacial score (nSPS) is 15.4. The Morgan fingerprint density at radius 1 is 1.03 bits per heavy atom. The summed E-state index contributed by atoms with van der Waals surface area (Å²) in [4.78, 5) is 38.0. The summed E-state index contributed by atoms with van der Waals surface area (Å²) in [6, 6.07) is 7.26. The molecule has 172 valence electrons. The number of fused-ring (bicyclic) bond motifs is 2. The largest absolute Gasteiger partial charge is 0.436 e. The molecule has 2 saturated carbocycles. The van der Waals surface area contributed by atoms with Gasteiger partial charge in [-0.3, -0.25) is 9.59 Å². The van der Waals surface area contributed by atoms with Crippen LogP contribution in [0.5, 0.6) is 0 Å². The molecule has 0 aliphatic heterocycles. The number of anilines is 3. The Kier molecular flexibility index (Phi) is 4.90. The van der Waals surface area contributed by atoms with Gasteiger partial charge in [-0.15, -0.1) is 0 Å². The van der Waals surface area contributed by atoms with E-state index in [0.717, 1.165) is 36.5 Å². The molecule has 0 saturated heterocycles. The lowest BCUT2D eigenvalue weighted by Gasteiger charge is -2.10. The summed E-state index contributed by atoms with van der Waals surface area (Å²) >= 11 is 0. The maximum absolute atomic E-state index is 12.2. The van der Waals surface area contributed by atoms with Gasteiger partial charge in [-0.25, -0.2) is 15.0 Å². The Labute approximate surface area is 195 Å². The summed E-state index contributed by atoms with van der Waals surface area (Å²) in [5, 5.41) is 10.5. The first-order valence-corrected chi connectivity index (χ1v) is 11.6. The predicted molar refractivity (Wildman–Crippen MR) is 129 cm³/mol. The van der Waals surface area contributed by atoms with Gasteiger partial charge in [0.15, 0.2) is 5.58 Å². The van der Waals surface area contributed by atoms with Crippen LogP contribution in [0.3, 0.4) is 0 Å². The second kappa shape index (κ2) is 8.09. The van der Waals surface area contributed by atoms with Gasteiger partial charge in [0.05, 0.1) is 5.56 Å². The topological polar surface area (TPSA) is 122 Å². The van der Waals surface area contributed by atoms with Gasteiger partial charge in [0.25, 0.3) is 0 Å². The standard InChI is InChI=1S/C25H24N6O3/c1-26-23-17-11-27-21(31-24(33)14-4-5-14)10-16(17)18(12-28-23)25-30-19-9-15(6-7-20(19)34-25)29-22(32)8-13-2-3-13/h6-7,9-14H,2-5,8H2,1H3,(H,26,28)(H,29,32)(H,27,31,33). The Morgan fingerprint density at radius 3 is 2.65 bits per heavy atom. The van der Waals surface area contributed by atoms with E-state index in [2.05, 4.69) is 30.9 Å². The average Bonchev–Trinajstić information content (AvgIpc) is 3.76. The number of oxazole rings is 1. The van der Waals surface area contributed by atoms with Crippen molar-refractivity contribution in [2.24, 2.45) is 11.8 Å². The van der Waals surface area contributed by atoms with Crippen LogP contribution in [-0.4, -0.2) is 33.8 Å². The van der Waals surface area contributed by atoms with Gasteiger partial charge in [0, 0.05) is 48.2 Å². The maximum Gasteiger partial charge on any atom is 0.229 e. The molecule has 0 spiro atoms. The Bertz CT molecular complexity index is 1440. The lowest BCUT2D eigenvalue weighted by Crippen LogP contribution is -2.14. The molecule has 3 aromatic heterocycles. The quantitative estimate of drug-likeness (QED) is 0.372. The number of carbonyl (C=O) groups excluding carboxylic acids is 2. The number of hydrogen-bond acceptors (Lipinski definition) is 7.